The molecule has 0 spiro atoms. The zero-order chi connectivity index (χ0) is 13.0. The van der Waals surface area contributed by atoms with Crippen molar-refractivity contribution in [3.05, 3.63) is 36.0 Å². The molecule has 1 heterocycles. The molecular weight excluding hydrogens is 241 g/mol. The van der Waals surface area contributed by atoms with Crippen LogP contribution in [-0.2, 0) is 6.54 Å². The number of hydrogen-bond acceptors (Lipinski definition) is 1. The third kappa shape index (κ3) is 3.50. The topological polar surface area (TPSA) is 27.8 Å². The van der Waals surface area contributed by atoms with Crippen LogP contribution in [-0.4, -0.2) is 17.7 Å². The van der Waals surface area contributed by atoms with Crippen molar-refractivity contribution >= 4 is 10.9 Å². The maximum Gasteiger partial charge on any atom is 0.389 e. The maximum atomic E-state index is 11.9. The summed E-state index contributed by atoms with van der Waals surface area (Å²) < 4.78 is 35.8. The number of nitrogens with one attached hydrogen (secondary N) is 2. The first-order valence-corrected chi connectivity index (χ1v) is 5.89. The molecule has 0 radical (unpaired) electrons. The Kier molecular flexibility index (Phi) is 3.91. The minimum absolute atomic E-state index is 0.115. The quantitative estimate of drug-likeness (QED) is 0.786. The fourth-order valence-electron chi connectivity index (χ4n) is 1.93. The molecule has 2 aromatic rings. The Bertz CT molecular complexity index is 502. The van der Waals surface area contributed by atoms with Crippen LogP contribution in [0.5, 0.6) is 0 Å². The lowest BCUT2D eigenvalue weighted by Crippen LogP contribution is -2.17. The van der Waals surface area contributed by atoms with Gasteiger partial charge in [-0.2, -0.15) is 13.2 Å². The van der Waals surface area contributed by atoms with Crippen molar-refractivity contribution in [2.24, 2.45) is 0 Å². The van der Waals surface area contributed by atoms with E-state index in [1.54, 1.807) is 0 Å². The zero-order valence-corrected chi connectivity index (χ0v) is 9.85. The number of rotatable bonds is 5. The van der Waals surface area contributed by atoms with Gasteiger partial charge in [-0.3, -0.25) is 0 Å². The van der Waals surface area contributed by atoms with E-state index >= 15 is 0 Å². The first-order chi connectivity index (χ1) is 8.56. The molecule has 18 heavy (non-hydrogen) atoms. The number of alkyl halides is 3. The lowest BCUT2D eigenvalue weighted by atomic mass is 10.1. The van der Waals surface area contributed by atoms with Crippen LogP contribution < -0.4 is 5.32 Å². The van der Waals surface area contributed by atoms with Gasteiger partial charge in [0.1, 0.15) is 0 Å². The van der Waals surface area contributed by atoms with E-state index in [9.17, 15) is 13.2 Å². The van der Waals surface area contributed by atoms with Gasteiger partial charge in [-0.05, 0) is 30.0 Å². The van der Waals surface area contributed by atoms with E-state index < -0.39 is 12.6 Å². The molecule has 2 N–H and O–H groups in total. The van der Waals surface area contributed by atoms with E-state index in [0.717, 1.165) is 16.5 Å². The second-order valence-corrected chi connectivity index (χ2v) is 4.25. The molecule has 0 saturated heterocycles. The Balaban J connectivity index is 1.82. The normalized spacial score (nSPS) is 12.2. The van der Waals surface area contributed by atoms with Gasteiger partial charge in [0, 0.05) is 24.7 Å². The van der Waals surface area contributed by atoms with Crippen molar-refractivity contribution in [2.75, 3.05) is 6.54 Å². The molecule has 1 aromatic heterocycles. The van der Waals surface area contributed by atoms with Crippen LogP contribution in [0.25, 0.3) is 10.9 Å². The molecule has 5 heteroatoms. The van der Waals surface area contributed by atoms with Crippen LogP contribution in [0.15, 0.2) is 30.5 Å². The van der Waals surface area contributed by atoms with Gasteiger partial charge in [0.2, 0.25) is 0 Å². The third-order valence-electron chi connectivity index (χ3n) is 2.80. The number of hydrogen-bond donors (Lipinski definition) is 2. The van der Waals surface area contributed by atoms with E-state index in [1.165, 1.54) is 0 Å². The summed E-state index contributed by atoms with van der Waals surface area (Å²) in [4.78, 5) is 3.13. The van der Waals surface area contributed by atoms with Gasteiger partial charge in [0.05, 0.1) is 0 Å². The summed E-state index contributed by atoms with van der Waals surface area (Å²) in [5.41, 5.74) is 2.12. The fourth-order valence-corrected chi connectivity index (χ4v) is 1.93. The lowest BCUT2D eigenvalue weighted by molar-refractivity contribution is -0.135. The Labute approximate surface area is 103 Å². The molecular formula is C13H15F3N2. The predicted octanol–water partition coefficient (Wildman–Crippen LogP) is 3.60. The van der Waals surface area contributed by atoms with Crippen molar-refractivity contribution in [1.82, 2.24) is 10.3 Å². The van der Waals surface area contributed by atoms with E-state index in [-0.39, 0.29) is 6.42 Å². The van der Waals surface area contributed by atoms with E-state index in [1.807, 2.05) is 30.5 Å². The Hall–Kier alpha value is -1.49. The lowest BCUT2D eigenvalue weighted by Gasteiger charge is -2.08. The summed E-state index contributed by atoms with van der Waals surface area (Å²) in [6.45, 7) is 0.951. The van der Waals surface area contributed by atoms with Crippen LogP contribution in [0.1, 0.15) is 18.4 Å². The van der Waals surface area contributed by atoms with Crippen LogP contribution >= 0.6 is 0 Å². The second-order valence-electron chi connectivity index (χ2n) is 4.25. The van der Waals surface area contributed by atoms with Crippen molar-refractivity contribution in [1.29, 1.82) is 0 Å². The number of aromatic amines is 1. The highest BCUT2D eigenvalue weighted by Gasteiger charge is 2.25. The molecule has 0 atom stereocenters. The smallest absolute Gasteiger partial charge is 0.361 e. The highest BCUT2D eigenvalue weighted by atomic mass is 19.4. The molecule has 0 bridgehead atoms. The van der Waals surface area contributed by atoms with Crippen LogP contribution in [0.3, 0.4) is 0 Å². The molecule has 0 unspecified atom stereocenters. The van der Waals surface area contributed by atoms with Gasteiger partial charge < -0.3 is 10.3 Å². The number of para-hydroxylation sites is 1. The summed E-state index contributed by atoms with van der Waals surface area (Å²) in [6.07, 6.45) is -2.81. The largest absolute Gasteiger partial charge is 0.389 e. The average Bonchev–Trinajstić information content (AvgIpc) is 2.75. The highest BCUT2D eigenvalue weighted by molar-refractivity contribution is 5.82. The van der Waals surface area contributed by atoms with Crippen molar-refractivity contribution in [2.45, 2.75) is 25.6 Å². The average molecular weight is 256 g/mol. The van der Waals surface area contributed by atoms with Crippen LogP contribution in [0.4, 0.5) is 13.2 Å². The number of H-pyrrole nitrogens is 1. The van der Waals surface area contributed by atoms with Gasteiger partial charge >= 0.3 is 6.18 Å². The molecule has 2 rings (SSSR count). The summed E-state index contributed by atoms with van der Waals surface area (Å²) in [7, 11) is 0. The Morgan fingerprint density at radius 3 is 2.78 bits per heavy atom. The summed E-state index contributed by atoms with van der Waals surface area (Å²) in [5, 5.41) is 4.15. The first-order valence-electron chi connectivity index (χ1n) is 5.89. The monoisotopic (exact) mass is 256 g/mol. The number of aromatic nitrogens is 1. The number of fused-ring (bicyclic) bond motifs is 1. The first kappa shape index (κ1) is 13.0. The highest BCUT2D eigenvalue weighted by Crippen LogP contribution is 2.21. The minimum atomic E-state index is -4.05. The van der Waals surface area contributed by atoms with Gasteiger partial charge in [-0.1, -0.05) is 18.2 Å². The SMILES string of the molecule is FC(F)(F)CCCNCc1cccc2cc[nH]c12. The molecule has 1 aromatic carbocycles. The van der Waals surface area contributed by atoms with Gasteiger partial charge in [-0.25, -0.2) is 0 Å². The third-order valence-corrected chi connectivity index (χ3v) is 2.80. The number of halogens is 3. The molecule has 0 fully saturated rings. The summed E-state index contributed by atoms with van der Waals surface area (Å²) in [5.74, 6) is 0. The Morgan fingerprint density at radius 2 is 2.00 bits per heavy atom. The van der Waals surface area contributed by atoms with Crippen molar-refractivity contribution in [3.63, 3.8) is 0 Å². The molecule has 0 aliphatic heterocycles. The van der Waals surface area contributed by atoms with Crippen LogP contribution in [0, 0.1) is 0 Å². The molecule has 0 amide bonds. The second kappa shape index (κ2) is 5.44. The minimum Gasteiger partial charge on any atom is -0.361 e. The van der Waals surface area contributed by atoms with Gasteiger partial charge in [0.15, 0.2) is 0 Å². The zero-order valence-electron chi connectivity index (χ0n) is 9.85. The molecule has 2 nitrogen and oxygen atoms in total. The molecule has 0 aliphatic carbocycles. The van der Waals surface area contributed by atoms with Crippen molar-refractivity contribution < 1.29 is 13.2 Å². The van der Waals surface area contributed by atoms with E-state index in [2.05, 4.69) is 10.3 Å². The summed E-state index contributed by atoms with van der Waals surface area (Å²) in [6, 6.07) is 7.89. The van der Waals surface area contributed by atoms with E-state index in [0.29, 0.717) is 13.1 Å². The predicted molar refractivity (Wildman–Crippen MR) is 65.3 cm³/mol. The number of benzene rings is 1. The standard InChI is InChI=1S/C13H15F3N2/c14-13(15,16)6-2-7-17-9-11-4-1-3-10-5-8-18-12(10)11/h1,3-5,8,17-18H,2,6-7,9H2. The maximum absolute atomic E-state index is 11.9. The summed E-state index contributed by atoms with van der Waals surface area (Å²) >= 11 is 0. The molecule has 0 aliphatic rings. The fraction of sp³-hybridized carbons (Fsp3) is 0.385. The van der Waals surface area contributed by atoms with Gasteiger partial charge in [-0.15, -0.1) is 0 Å². The van der Waals surface area contributed by atoms with E-state index in [4.69, 9.17) is 0 Å². The van der Waals surface area contributed by atoms with Gasteiger partial charge in [0.25, 0.3) is 0 Å². The van der Waals surface area contributed by atoms with Crippen molar-refractivity contribution in [3.8, 4) is 0 Å². The molecule has 0 saturated carbocycles. The molecule has 98 valence electrons. The van der Waals surface area contributed by atoms with Crippen LogP contribution in [0.2, 0.25) is 0 Å². The Morgan fingerprint density at radius 1 is 1.17 bits per heavy atom.